The van der Waals surface area contributed by atoms with Crippen molar-refractivity contribution in [3.63, 3.8) is 0 Å². The van der Waals surface area contributed by atoms with E-state index in [9.17, 15) is 4.79 Å². The number of carbonyl (C=O) groups is 1. The average Bonchev–Trinajstić information content (AvgIpc) is 3.12. The molecule has 0 atom stereocenters. The Hall–Kier alpha value is -2.27. The number of benzene rings is 1. The van der Waals surface area contributed by atoms with E-state index in [0.717, 1.165) is 43.4 Å². The lowest BCUT2D eigenvalue weighted by Gasteiger charge is -2.36. The first-order chi connectivity index (χ1) is 12.2. The van der Waals surface area contributed by atoms with Crippen LogP contribution in [0.3, 0.4) is 0 Å². The summed E-state index contributed by atoms with van der Waals surface area (Å²) in [4.78, 5) is 17.3. The third-order valence-electron chi connectivity index (χ3n) is 5.05. The van der Waals surface area contributed by atoms with Crippen molar-refractivity contribution in [2.75, 3.05) is 12.1 Å². The molecule has 1 N–H and O–H groups in total. The summed E-state index contributed by atoms with van der Waals surface area (Å²) in [6, 6.07) is 9.27. The van der Waals surface area contributed by atoms with Gasteiger partial charge in [0.05, 0.1) is 17.3 Å². The maximum Gasteiger partial charge on any atom is 0.235 e. The van der Waals surface area contributed by atoms with E-state index in [1.807, 2.05) is 18.2 Å². The van der Waals surface area contributed by atoms with Crippen LogP contribution in [0.25, 0.3) is 0 Å². The first-order valence-corrected chi connectivity index (χ1v) is 8.88. The molecule has 6 heteroatoms. The topological polar surface area (TPSA) is 60.5 Å². The molecular weight excluding hydrogens is 340 g/mol. The molecule has 2 aliphatic rings. The Balaban J connectivity index is 1.66. The number of nitrogens with zero attached hydrogens (tertiary/aromatic N) is 1. The number of halogens is 1. The predicted molar refractivity (Wildman–Crippen MR) is 95.2 cm³/mol. The SMILES string of the molecule is O=C(Nc1ccc(Cl)nc1)C1(c2ccc3c(c2)OCO3)CCCCC1. The lowest BCUT2D eigenvalue weighted by molar-refractivity contribution is -0.122. The van der Waals surface area contributed by atoms with Gasteiger partial charge >= 0.3 is 0 Å². The number of amides is 1. The van der Waals surface area contributed by atoms with Crippen molar-refractivity contribution in [2.24, 2.45) is 0 Å². The van der Waals surface area contributed by atoms with Crippen molar-refractivity contribution in [2.45, 2.75) is 37.5 Å². The molecular formula is C19H19ClN2O3. The van der Waals surface area contributed by atoms with Gasteiger partial charge in [-0.15, -0.1) is 0 Å². The van der Waals surface area contributed by atoms with E-state index in [1.54, 1.807) is 18.3 Å². The molecule has 0 spiro atoms. The number of fused-ring (bicyclic) bond motifs is 1. The minimum atomic E-state index is -0.557. The van der Waals surface area contributed by atoms with Gasteiger partial charge in [-0.25, -0.2) is 4.98 Å². The van der Waals surface area contributed by atoms with E-state index in [-0.39, 0.29) is 12.7 Å². The number of hydrogen-bond acceptors (Lipinski definition) is 4. The number of pyridine rings is 1. The zero-order valence-electron chi connectivity index (χ0n) is 13.8. The van der Waals surface area contributed by atoms with Crippen LogP contribution in [0.2, 0.25) is 5.15 Å². The van der Waals surface area contributed by atoms with Crippen LogP contribution >= 0.6 is 11.6 Å². The third-order valence-corrected chi connectivity index (χ3v) is 5.28. The average molecular weight is 359 g/mol. The van der Waals surface area contributed by atoms with E-state index >= 15 is 0 Å². The van der Waals surface area contributed by atoms with Gasteiger partial charge in [-0.05, 0) is 42.7 Å². The molecule has 1 aliphatic carbocycles. The zero-order valence-corrected chi connectivity index (χ0v) is 14.5. The van der Waals surface area contributed by atoms with Crippen molar-refractivity contribution in [3.05, 3.63) is 47.2 Å². The van der Waals surface area contributed by atoms with Gasteiger partial charge in [-0.2, -0.15) is 0 Å². The molecule has 1 aromatic carbocycles. The van der Waals surface area contributed by atoms with E-state index in [4.69, 9.17) is 21.1 Å². The molecule has 0 bridgehead atoms. The molecule has 1 amide bonds. The Morgan fingerprint density at radius 2 is 1.88 bits per heavy atom. The predicted octanol–water partition coefficient (Wildman–Crippen LogP) is 4.30. The highest BCUT2D eigenvalue weighted by Crippen LogP contribution is 2.44. The Labute approximate surface area is 151 Å². The van der Waals surface area contributed by atoms with Gasteiger partial charge in [0.25, 0.3) is 0 Å². The molecule has 0 unspecified atom stereocenters. The van der Waals surface area contributed by atoms with E-state index in [0.29, 0.717) is 16.6 Å². The fourth-order valence-electron chi connectivity index (χ4n) is 3.70. The summed E-state index contributed by atoms with van der Waals surface area (Å²) in [6.45, 7) is 0.231. The number of aromatic nitrogens is 1. The summed E-state index contributed by atoms with van der Waals surface area (Å²) in [7, 11) is 0. The summed E-state index contributed by atoms with van der Waals surface area (Å²) < 4.78 is 10.9. The Bertz CT molecular complexity index is 786. The van der Waals surface area contributed by atoms with Gasteiger partial charge in [0.1, 0.15) is 5.15 Å². The van der Waals surface area contributed by atoms with Gasteiger partial charge in [-0.1, -0.05) is 36.9 Å². The zero-order chi connectivity index (χ0) is 17.3. The van der Waals surface area contributed by atoms with Crippen molar-refractivity contribution < 1.29 is 14.3 Å². The summed E-state index contributed by atoms with van der Waals surface area (Å²) in [5, 5.41) is 3.42. The summed E-state index contributed by atoms with van der Waals surface area (Å²) in [6.07, 6.45) is 6.43. The molecule has 1 saturated carbocycles. The molecule has 1 aromatic heterocycles. The van der Waals surface area contributed by atoms with Crippen LogP contribution in [-0.2, 0) is 10.2 Å². The van der Waals surface area contributed by atoms with Gasteiger partial charge in [-0.3, -0.25) is 4.79 Å². The third kappa shape index (κ3) is 3.04. The minimum absolute atomic E-state index is 0.00446. The quantitative estimate of drug-likeness (QED) is 0.831. The number of rotatable bonds is 3. The molecule has 0 saturated heterocycles. The minimum Gasteiger partial charge on any atom is -0.454 e. The lowest BCUT2D eigenvalue weighted by atomic mass is 9.68. The summed E-state index contributed by atoms with van der Waals surface area (Å²) in [5.41, 5.74) is 1.08. The highest BCUT2D eigenvalue weighted by atomic mass is 35.5. The number of nitrogens with one attached hydrogen (secondary N) is 1. The van der Waals surface area contributed by atoms with E-state index in [2.05, 4.69) is 10.3 Å². The summed E-state index contributed by atoms with van der Waals surface area (Å²) in [5.74, 6) is 1.44. The molecule has 2 aromatic rings. The second-order valence-electron chi connectivity index (χ2n) is 6.53. The van der Waals surface area contributed by atoms with Crippen molar-refractivity contribution in [1.82, 2.24) is 4.98 Å². The molecule has 1 fully saturated rings. The fourth-order valence-corrected chi connectivity index (χ4v) is 3.81. The van der Waals surface area contributed by atoms with Crippen LogP contribution in [0, 0.1) is 0 Å². The first-order valence-electron chi connectivity index (χ1n) is 8.51. The molecule has 25 heavy (non-hydrogen) atoms. The van der Waals surface area contributed by atoms with Crippen LogP contribution < -0.4 is 14.8 Å². The first kappa shape index (κ1) is 16.2. The molecule has 0 radical (unpaired) electrons. The number of anilines is 1. The van der Waals surface area contributed by atoms with Gasteiger partial charge in [0, 0.05) is 0 Å². The monoisotopic (exact) mass is 358 g/mol. The van der Waals surface area contributed by atoms with Gasteiger partial charge in [0.15, 0.2) is 11.5 Å². The highest BCUT2D eigenvalue weighted by Gasteiger charge is 2.42. The van der Waals surface area contributed by atoms with Crippen molar-refractivity contribution in [1.29, 1.82) is 0 Å². The van der Waals surface area contributed by atoms with Gasteiger partial charge in [0.2, 0.25) is 12.7 Å². The molecule has 4 rings (SSSR count). The van der Waals surface area contributed by atoms with Crippen LogP contribution in [0.5, 0.6) is 11.5 Å². The van der Waals surface area contributed by atoms with E-state index < -0.39 is 5.41 Å². The second kappa shape index (κ2) is 6.56. The maximum atomic E-state index is 13.2. The lowest BCUT2D eigenvalue weighted by Crippen LogP contribution is -2.42. The smallest absolute Gasteiger partial charge is 0.235 e. The Morgan fingerprint density at radius 3 is 2.64 bits per heavy atom. The normalized spacial score (nSPS) is 18.0. The standard InChI is InChI=1S/C19H19ClN2O3/c20-17-7-5-14(11-21-17)22-18(23)19(8-2-1-3-9-19)13-4-6-15-16(10-13)25-12-24-15/h4-7,10-11H,1-3,8-9,12H2,(H,22,23). The van der Waals surface area contributed by atoms with Crippen LogP contribution in [-0.4, -0.2) is 17.7 Å². The number of carbonyl (C=O) groups excluding carboxylic acids is 1. The fraction of sp³-hybridized carbons (Fsp3) is 0.368. The van der Waals surface area contributed by atoms with E-state index in [1.165, 1.54) is 0 Å². The second-order valence-corrected chi connectivity index (χ2v) is 6.92. The Morgan fingerprint density at radius 1 is 1.08 bits per heavy atom. The molecule has 1 aliphatic heterocycles. The largest absolute Gasteiger partial charge is 0.454 e. The van der Waals surface area contributed by atoms with Crippen molar-refractivity contribution >= 4 is 23.2 Å². The molecule has 2 heterocycles. The van der Waals surface area contributed by atoms with Crippen LogP contribution in [0.4, 0.5) is 5.69 Å². The van der Waals surface area contributed by atoms with Crippen molar-refractivity contribution in [3.8, 4) is 11.5 Å². The van der Waals surface area contributed by atoms with Gasteiger partial charge < -0.3 is 14.8 Å². The molecule has 5 nitrogen and oxygen atoms in total. The number of hydrogen-bond donors (Lipinski definition) is 1. The number of ether oxygens (including phenoxy) is 2. The Kier molecular flexibility index (Phi) is 4.25. The molecule has 130 valence electrons. The highest BCUT2D eigenvalue weighted by molar-refractivity contribution is 6.29. The summed E-state index contributed by atoms with van der Waals surface area (Å²) >= 11 is 5.82. The maximum absolute atomic E-state index is 13.2. The van der Waals surface area contributed by atoms with Crippen LogP contribution in [0.15, 0.2) is 36.5 Å². The van der Waals surface area contributed by atoms with Crippen LogP contribution in [0.1, 0.15) is 37.7 Å².